The molecule has 0 bridgehead atoms. The van der Waals surface area contributed by atoms with Gasteiger partial charge < -0.3 is 10.6 Å². The molecule has 3 amide bonds. The van der Waals surface area contributed by atoms with Crippen LogP contribution in [0.2, 0.25) is 0 Å². The number of hydrogen-bond donors (Lipinski definition) is 2. The summed E-state index contributed by atoms with van der Waals surface area (Å²) >= 11 is 0. The largest absolute Gasteiger partial charge is 0.326 e. The molecule has 122 valence electrons. The van der Waals surface area contributed by atoms with Crippen molar-refractivity contribution in [3.63, 3.8) is 0 Å². The fraction of sp³-hybridized carbons (Fsp3) is 0.167. The van der Waals surface area contributed by atoms with Crippen LogP contribution >= 0.6 is 0 Å². The Balaban J connectivity index is 1.82. The molecule has 0 saturated heterocycles. The zero-order valence-corrected chi connectivity index (χ0v) is 13.2. The molecular weight excluding hydrogens is 306 g/mol. The smallest absolute Gasteiger partial charge is 0.248 e. The van der Waals surface area contributed by atoms with Crippen LogP contribution < -0.4 is 15.5 Å². The fourth-order valence-electron chi connectivity index (χ4n) is 2.77. The zero-order valence-electron chi connectivity index (χ0n) is 13.2. The maximum atomic E-state index is 12.4. The Kier molecular flexibility index (Phi) is 4.29. The second kappa shape index (κ2) is 6.54. The van der Waals surface area contributed by atoms with Crippen molar-refractivity contribution in [1.29, 1.82) is 0 Å². The van der Waals surface area contributed by atoms with E-state index < -0.39 is 6.04 Å². The van der Waals surface area contributed by atoms with Gasteiger partial charge in [0.25, 0.3) is 0 Å². The van der Waals surface area contributed by atoms with E-state index in [-0.39, 0.29) is 24.1 Å². The molecule has 2 aromatic carbocycles. The molecule has 0 fully saturated rings. The maximum Gasteiger partial charge on any atom is 0.248 e. The number of rotatable bonds is 3. The van der Waals surface area contributed by atoms with E-state index in [9.17, 15) is 14.4 Å². The first-order chi connectivity index (χ1) is 11.6. The van der Waals surface area contributed by atoms with Crippen LogP contribution in [0.1, 0.15) is 13.3 Å². The molecule has 1 aliphatic rings. The molecule has 1 aliphatic heterocycles. The lowest BCUT2D eigenvalue weighted by Gasteiger charge is -2.35. The van der Waals surface area contributed by atoms with E-state index >= 15 is 0 Å². The molecule has 0 aromatic heterocycles. The third-order valence-corrected chi connectivity index (χ3v) is 3.81. The standard InChI is InChI=1S/C18H17N3O3/c1-12(22)21-15-10-6-5-9-14(15)20-18(24)16(21)11-17(23)19-13-7-3-2-4-8-13/h2-10,16H,11H2,1H3,(H,19,23)(H,20,24)/t16-/m0/s1. The summed E-state index contributed by atoms with van der Waals surface area (Å²) in [5, 5.41) is 5.49. The Bertz CT molecular complexity index is 789. The Hall–Kier alpha value is -3.15. The number of carbonyl (C=O) groups excluding carboxylic acids is 3. The van der Waals surface area contributed by atoms with Crippen LogP contribution in [0.4, 0.5) is 17.1 Å². The number of benzene rings is 2. The van der Waals surface area contributed by atoms with Crippen molar-refractivity contribution in [2.24, 2.45) is 0 Å². The van der Waals surface area contributed by atoms with Gasteiger partial charge in [-0.1, -0.05) is 30.3 Å². The van der Waals surface area contributed by atoms with Gasteiger partial charge in [-0.2, -0.15) is 0 Å². The summed E-state index contributed by atoms with van der Waals surface area (Å²) in [6, 6.07) is 15.1. The van der Waals surface area contributed by atoms with E-state index in [2.05, 4.69) is 10.6 Å². The van der Waals surface area contributed by atoms with Gasteiger partial charge in [0.05, 0.1) is 17.8 Å². The predicted octanol–water partition coefficient (Wildman–Crippen LogP) is 2.39. The van der Waals surface area contributed by atoms with Gasteiger partial charge in [-0.3, -0.25) is 19.3 Å². The fourth-order valence-corrected chi connectivity index (χ4v) is 2.77. The Morgan fingerprint density at radius 2 is 1.75 bits per heavy atom. The lowest BCUT2D eigenvalue weighted by Crippen LogP contribution is -2.51. The summed E-state index contributed by atoms with van der Waals surface area (Å²) in [5.74, 6) is -0.978. The minimum atomic E-state index is -0.874. The van der Waals surface area contributed by atoms with Crippen LogP contribution in [0.5, 0.6) is 0 Å². The van der Waals surface area contributed by atoms with Gasteiger partial charge in [-0.15, -0.1) is 0 Å². The van der Waals surface area contributed by atoms with Gasteiger partial charge in [0.15, 0.2) is 0 Å². The third kappa shape index (κ3) is 3.12. The molecule has 1 atom stereocenters. The van der Waals surface area contributed by atoms with E-state index in [0.717, 1.165) is 0 Å². The highest BCUT2D eigenvalue weighted by Gasteiger charge is 2.36. The number of amides is 3. The Morgan fingerprint density at radius 1 is 1.08 bits per heavy atom. The molecule has 2 aromatic rings. The summed E-state index contributed by atoms with van der Waals surface area (Å²) in [6.45, 7) is 1.39. The number of hydrogen-bond acceptors (Lipinski definition) is 3. The summed E-state index contributed by atoms with van der Waals surface area (Å²) in [4.78, 5) is 38.1. The summed E-state index contributed by atoms with van der Waals surface area (Å²) in [7, 11) is 0. The molecule has 0 unspecified atom stereocenters. The first kappa shape index (κ1) is 15.7. The molecule has 0 aliphatic carbocycles. The zero-order chi connectivity index (χ0) is 17.1. The van der Waals surface area contributed by atoms with Crippen LogP contribution in [-0.4, -0.2) is 23.8 Å². The second-order valence-corrected chi connectivity index (χ2v) is 5.53. The first-order valence-corrected chi connectivity index (χ1v) is 7.61. The van der Waals surface area contributed by atoms with E-state index in [1.807, 2.05) is 6.07 Å². The molecule has 0 radical (unpaired) electrons. The highest BCUT2D eigenvalue weighted by atomic mass is 16.2. The van der Waals surface area contributed by atoms with E-state index in [1.165, 1.54) is 11.8 Å². The average molecular weight is 323 g/mol. The molecule has 6 nitrogen and oxygen atoms in total. The van der Waals surface area contributed by atoms with Crippen molar-refractivity contribution in [3.05, 3.63) is 54.6 Å². The van der Waals surface area contributed by atoms with Crippen LogP contribution in [0.25, 0.3) is 0 Å². The molecule has 3 rings (SSSR count). The summed E-state index contributed by atoms with van der Waals surface area (Å²) in [6.07, 6.45) is -0.116. The normalized spacial score (nSPS) is 16.1. The van der Waals surface area contributed by atoms with Crippen LogP contribution in [0.15, 0.2) is 54.6 Å². The van der Waals surface area contributed by atoms with Gasteiger partial charge in [0.2, 0.25) is 17.7 Å². The summed E-state index contributed by atoms with van der Waals surface area (Å²) < 4.78 is 0. The highest BCUT2D eigenvalue weighted by molar-refractivity contribution is 6.13. The maximum absolute atomic E-state index is 12.4. The van der Waals surface area contributed by atoms with Gasteiger partial charge in [-0.25, -0.2) is 0 Å². The molecule has 0 saturated carbocycles. The molecule has 2 N–H and O–H groups in total. The predicted molar refractivity (Wildman–Crippen MR) is 91.7 cm³/mol. The van der Waals surface area contributed by atoms with Crippen molar-refractivity contribution in [2.45, 2.75) is 19.4 Å². The Morgan fingerprint density at radius 3 is 2.46 bits per heavy atom. The topological polar surface area (TPSA) is 78.5 Å². The third-order valence-electron chi connectivity index (χ3n) is 3.81. The average Bonchev–Trinajstić information content (AvgIpc) is 2.56. The van der Waals surface area contributed by atoms with E-state index in [0.29, 0.717) is 17.1 Å². The minimum Gasteiger partial charge on any atom is -0.326 e. The van der Waals surface area contributed by atoms with Crippen molar-refractivity contribution >= 4 is 34.8 Å². The van der Waals surface area contributed by atoms with Crippen LogP contribution in [-0.2, 0) is 14.4 Å². The number of nitrogens with one attached hydrogen (secondary N) is 2. The van der Waals surface area contributed by atoms with E-state index in [1.54, 1.807) is 48.5 Å². The Labute approximate surface area is 139 Å². The van der Waals surface area contributed by atoms with Crippen LogP contribution in [0, 0.1) is 0 Å². The van der Waals surface area contributed by atoms with Crippen molar-refractivity contribution in [2.75, 3.05) is 15.5 Å². The first-order valence-electron chi connectivity index (χ1n) is 7.61. The highest BCUT2D eigenvalue weighted by Crippen LogP contribution is 2.32. The lowest BCUT2D eigenvalue weighted by molar-refractivity contribution is -0.125. The SMILES string of the molecule is CC(=O)N1c2ccccc2NC(=O)[C@@H]1CC(=O)Nc1ccccc1. The van der Waals surface area contributed by atoms with Crippen molar-refractivity contribution in [1.82, 2.24) is 0 Å². The van der Waals surface area contributed by atoms with Gasteiger partial charge in [-0.05, 0) is 24.3 Å². The quantitative estimate of drug-likeness (QED) is 0.910. The number of para-hydroxylation sites is 3. The number of anilines is 3. The van der Waals surface area contributed by atoms with Gasteiger partial charge >= 0.3 is 0 Å². The summed E-state index contributed by atoms with van der Waals surface area (Å²) in [5.41, 5.74) is 1.81. The second-order valence-electron chi connectivity index (χ2n) is 5.53. The molecule has 0 spiro atoms. The lowest BCUT2D eigenvalue weighted by atomic mass is 10.0. The monoisotopic (exact) mass is 323 g/mol. The van der Waals surface area contributed by atoms with Gasteiger partial charge in [0.1, 0.15) is 6.04 Å². The molecule has 24 heavy (non-hydrogen) atoms. The number of fused-ring (bicyclic) bond motifs is 1. The molecule has 6 heteroatoms. The van der Waals surface area contributed by atoms with E-state index in [4.69, 9.17) is 0 Å². The molecular formula is C18H17N3O3. The van der Waals surface area contributed by atoms with Crippen molar-refractivity contribution < 1.29 is 14.4 Å². The molecule has 1 heterocycles. The van der Waals surface area contributed by atoms with Gasteiger partial charge in [0, 0.05) is 12.6 Å². The minimum absolute atomic E-state index is 0.116. The number of nitrogens with zero attached hydrogens (tertiary/aromatic N) is 1. The number of carbonyl (C=O) groups is 3. The van der Waals surface area contributed by atoms with Crippen molar-refractivity contribution in [3.8, 4) is 0 Å². The van der Waals surface area contributed by atoms with Crippen LogP contribution in [0.3, 0.4) is 0 Å².